The van der Waals surface area contributed by atoms with Crippen molar-refractivity contribution in [2.75, 3.05) is 6.54 Å². The standard InChI is InChI=1S/C14H21N5/c1-3-15-14(11-4-5-11)12-6-7-19(8-12)9-13-17-16-10-18(13)2/h6-8,10-11,14-15H,3-5,9H2,1-2H3. The molecule has 0 spiro atoms. The number of rotatable bonds is 6. The number of nitrogens with zero attached hydrogens (tertiary/aromatic N) is 4. The normalized spacial score (nSPS) is 16.7. The highest BCUT2D eigenvalue weighted by atomic mass is 15.3. The lowest BCUT2D eigenvalue weighted by Gasteiger charge is -2.15. The van der Waals surface area contributed by atoms with Crippen LogP contribution in [0.1, 0.15) is 37.2 Å². The van der Waals surface area contributed by atoms with Gasteiger partial charge in [0.25, 0.3) is 0 Å². The summed E-state index contributed by atoms with van der Waals surface area (Å²) in [6.07, 6.45) is 8.82. The zero-order valence-electron chi connectivity index (χ0n) is 11.6. The molecule has 1 fully saturated rings. The molecule has 0 aliphatic heterocycles. The lowest BCUT2D eigenvalue weighted by molar-refractivity contribution is 0.495. The Hall–Kier alpha value is -1.62. The van der Waals surface area contributed by atoms with Gasteiger partial charge in [-0.05, 0) is 36.9 Å². The fourth-order valence-corrected chi connectivity index (χ4v) is 2.56. The van der Waals surface area contributed by atoms with Crippen LogP contribution in [0.3, 0.4) is 0 Å². The minimum atomic E-state index is 0.519. The number of hydrogen-bond acceptors (Lipinski definition) is 3. The van der Waals surface area contributed by atoms with Crippen molar-refractivity contribution in [1.82, 2.24) is 24.6 Å². The van der Waals surface area contributed by atoms with E-state index in [0.717, 1.165) is 24.8 Å². The van der Waals surface area contributed by atoms with Crippen LogP contribution < -0.4 is 5.32 Å². The van der Waals surface area contributed by atoms with E-state index >= 15 is 0 Å². The van der Waals surface area contributed by atoms with Gasteiger partial charge >= 0.3 is 0 Å². The fraction of sp³-hybridized carbons (Fsp3) is 0.571. The molecule has 1 N–H and O–H groups in total. The van der Waals surface area contributed by atoms with Gasteiger partial charge in [0.1, 0.15) is 6.33 Å². The summed E-state index contributed by atoms with van der Waals surface area (Å²) in [5, 5.41) is 11.6. The van der Waals surface area contributed by atoms with Gasteiger partial charge in [0.15, 0.2) is 5.82 Å². The molecule has 2 aromatic rings. The Labute approximate surface area is 113 Å². The summed E-state index contributed by atoms with van der Waals surface area (Å²) in [4.78, 5) is 0. The quantitative estimate of drug-likeness (QED) is 0.859. The average Bonchev–Trinajstić information content (AvgIpc) is 3.01. The van der Waals surface area contributed by atoms with Crippen molar-refractivity contribution in [2.45, 2.75) is 32.4 Å². The van der Waals surface area contributed by atoms with Gasteiger partial charge in [-0.1, -0.05) is 6.92 Å². The van der Waals surface area contributed by atoms with E-state index < -0.39 is 0 Å². The molecule has 5 nitrogen and oxygen atoms in total. The van der Waals surface area contributed by atoms with Crippen LogP contribution >= 0.6 is 0 Å². The molecule has 1 aliphatic rings. The fourth-order valence-electron chi connectivity index (χ4n) is 2.56. The van der Waals surface area contributed by atoms with Gasteiger partial charge in [-0.15, -0.1) is 10.2 Å². The number of hydrogen-bond donors (Lipinski definition) is 1. The third-order valence-electron chi connectivity index (χ3n) is 3.78. The molecule has 0 radical (unpaired) electrons. The molecule has 1 saturated carbocycles. The number of aromatic nitrogens is 4. The smallest absolute Gasteiger partial charge is 0.152 e. The van der Waals surface area contributed by atoms with Crippen LogP contribution in [0.2, 0.25) is 0 Å². The van der Waals surface area contributed by atoms with E-state index in [0.29, 0.717) is 6.04 Å². The highest BCUT2D eigenvalue weighted by Crippen LogP contribution is 2.40. The number of aryl methyl sites for hydroxylation is 1. The van der Waals surface area contributed by atoms with Crippen LogP contribution in [-0.4, -0.2) is 25.9 Å². The Bertz CT molecular complexity index is 538. The van der Waals surface area contributed by atoms with Gasteiger partial charge in [0, 0.05) is 25.5 Å². The third kappa shape index (κ3) is 2.71. The van der Waals surface area contributed by atoms with Gasteiger partial charge in [-0.2, -0.15) is 0 Å². The van der Waals surface area contributed by atoms with E-state index in [-0.39, 0.29) is 0 Å². The van der Waals surface area contributed by atoms with Crippen molar-refractivity contribution >= 4 is 0 Å². The molecule has 0 bridgehead atoms. The van der Waals surface area contributed by atoms with E-state index in [4.69, 9.17) is 0 Å². The first-order valence-corrected chi connectivity index (χ1v) is 7.00. The second-order valence-electron chi connectivity index (χ2n) is 5.35. The minimum Gasteiger partial charge on any atom is -0.346 e. The molecular weight excluding hydrogens is 238 g/mol. The zero-order chi connectivity index (χ0) is 13.2. The maximum atomic E-state index is 4.13. The van der Waals surface area contributed by atoms with E-state index in [1.54, 1.807) is 6.33 Å². The molecule has 1 atom stereocenters. The minimum absolute atomic E-state index is 0.519. The van der Waals surface area contributed by atoms with Gasteiger partial charge in [0.05, 0.1) is 6.54 Å². The molecular formula is C14H21N5. The first-order chi connectivity index (χ1) is 9.28. The summed E-state index contributed by atoms with van der Waals surface area (Å²) in [6.45, 7) is 3.97. The Balaban J connectivity index is 1.73. The van der Waals surface area contributed by atoms with E-state index in [9.17, 15) is 0 Å². The Morgan fingerprint density at radius 2 is 2.32 bits per heavy atom. The lowest BCUT2D eigenvalue weighted by Crippen LogP contribution is -2.22. The monoisotopic (exact) mass is 259 g/mol. The Kier molecular flexibility index (Phi) is 3.38. The van der Waals surface area contributed by atoms with E-state index in [1.807, 2.05) is 11.6 Å². The molecule has 1 unspecified atom stereocenters. The van der Waals surface area contributed by atoms with Gasteiger partial charge in [-0.3, -0.25) is 0 Å². The Morgan fingerprint density at radius 3 is 2.95 bits per heavy atom. The predicted octanol–water partition coefficient (Wildman–Crippen LogP) is 1.73. The first kappa shape index (κ1) is 12.4. The highest BCUT2D eigenvalue weighted by molar-refractivity contribution is 5.18. The van der Waals surface area contributed by atoms with E-state index in [2.05, 4.69) is 45.5 Å². The van der Waals surface area contributed by atoms with Crippen LogP contribution in [0.15, 0.2) is 24.8 Å². The van der Waals surface area contributed by atoms with Crippen molar-refractivity contribution in [3.63, 3.8) is 0 Å². The van der Waals surface area contributed by atoms with Crippen molar-refractivity contribution in [2.24, 2.45) is 13.0 Å². The van der Waals surface area contributed by atoms with E-state index in [1.165, 1.54) is 18.4 Å². The molecule has 3 rings (SSSR count). The second kappa shape index (κ2) is 5.17. The van der Waals surface area contributed by atoms with Crippen LogP contribution in [-0.2, 0) is 13.6 Å². The van der Waals surface area contributed by atoms with Gasteiger partial charge in [-0.25, -0.2) is 0 Å². The van der Waals surface area contributed by atoms with Crippen LogP contribution in [0.4, 0.5) is 0 Å². The average molecular weight is 259 g/mol. The SMILES string of the molecule is CCNC(c1ccn(Cc2nncn2C)c1)C1CC1. The van der Waals surface area contributed by atoms with Crippen LogP contribution in [0.5, 0.6) is 0 Å². The molecule has 5 heteroatoms. The van der Waals surface area contributed by atoms with Crippen molar-refractivity contribution in [3.05, 3.63) is 36.2 Å². The van der Waals surface area contributed by atoms with Gasteiger partial charge < -0.3 is 14.5 Å². The number of nitrogens with one attached hydrogen (secondary N) is 1. The maximum Gasteiger partial charge on any atom is 0.152 e. The molecule has 2 aromatic heterocycles. The summed E-state index contributed by atoms with van der Waals surface area (Å²) >= 11 is 0. The van der Waals surface area contributed by atoms with Crippen LogP contribution in [0.25, 0.3) is 0 Å². The van der Waals surface area contributed by atoms with Crippen molar-refractivity contribution < 1.29 is 0 Å². The molecule has 102 valence electrons. The van der Waals surface area contributed by atoms with Crippen molar-refractivity contribution in [3.8, 4) is 0 Å². The highest BCUT2D eigenvalue weighted by Gasteiger charge is 2.32. The summed E-state index contributed by atoms with van der Waals surface area (Å²) < 4.78 is 4.15. The lowest BCUT2D eigenvalue weighted by atomic mass is 10.1. The molecule has 19 heavy (non-hydrogen) atoms. The first-order valence-electron chi connectivity index (χ1n) is 7.00. The Morgan fingerprint density at radius 1 is 1.47 bits per heavy atom. The summed E-state index contributed by atoms with van der Waals surface area (Å²) in [5.74, 6) is 1.80. The predicted molar refractivity (Wildman–Crippen MR) is 73.7 cm³/mol. The molecule has 0 amide bonds. The largest absolute Gasteiger partial charge is 0.346 e. The summed E-state index contributed by atoms with van der Waals surface area (Å²) in [6, 6.07) is 2.74. The summed E-state index contributed by atoms with van der Waals surface area (Å²) in [5.41, 5.74) is 1.39. The summed E-state index contributed by atoms with van der Waals surface area (Å²) in [7, 11) is 1.98. The third-order valence-corrected chi connectivity index (χ3v) is 3.78. The second-order valence-corrected chi connectivity index (χ2v) is 5.35. The molecule has 1 aliphatic carbocycles. The van der Waals surface area contributed by atoms with Gasteiger partial charge in [0.2, 0.25) is 0 Å². The van der Waals surface area contributed by atoms with Crippen LogP contribution in [0, 0.1) is 5.92 Å². The maximum absolute atomic E-state index is 4.13. The van der Waals surface area contributed by atoms with Crippen molar-refractivity contribution in [1.29, 1.82) is 0 Å². The molecule has 0 aromatic carbocycles. The topological polar surface area (TPSA) is 47.7 Å². The molecule has 0 saturated heterocycles. The molecule has 2 heterocycles. The zero-order valence-corrected chi connectivity index (χ0v) is 11.6.